The first-order valence-corrected chi connectivity index (χ1v) is 7.83. The molecule has 3 rings (SSSR count). The maximum atomic E-state index is 13.5. The maximum Gasteiger partial charge on any atom is 0.352 e. The molecule has 0 atom stereocenters. The molecule has 2 heterocycles. The van der Waals surface area contributed by atoms with E-state index in [0.717, 1.165) is 27.5 Å². The summed E-state index contributed by atoms with van der Waals surface area (Å²) in [7, 11) is -1.60. The van der Waals surface area contributed by atoms with E-state index in [2.05, 4.69) is 20.6 Å². The van der Waals surface area contributed by atoms with Crippen molar-refractivity contribution >= 4 is 33.8 Å². The molecule has 0 bridgehead atoms. The molecule has 3 aromatic rings. The number of carbonyl (C=O) groups is 1. The van der Waals surface area contributed by atoms with Crippen LogP contribution in [0.3, 0.4) is 0 Å². The number of rotatable bonds is 4. The fourth-order valence-electron chi connectivity index (χ4n) is 2.06. The number of anilines is 2. The highest BCUT2D eigenvalue weighted by atomic mass is 32.2. The van der Waals surface area contributed by atoms with Crippen molar-refractivity contribution in [3.05, 3.63) is 46.5 Å². The van der Waals surface area contributed by atoms with Gasteiger partial charge in [0.2, 0.25) is 10.9 Å². The summed E-state index contributed by atoms with van der Waals surface area (Å²) in [5, 5.41) is 9.65. The van der Waals surface area contributed by atoms with Gasteiger partial charge in [-0.3, -0.25) is 9.52 Å². The second kappa shape index (κ2) is 6.27. The Bertz CT molecular complexity index is 1110. The van der Waals surface area contributed by atoms with Crippen LogP contribution >= 0.6 is 0 Å². The number of amides is 1. The molecule has 0 saturated carbocycles. The average Bonchev–Trinajstić information content (AvgIpc) is 2.94. The molecular formula is C12H10FN7O4S. The summed E-state index contributed by atoms with van der Waals surface area (Å²) in [5.74, 6) is -1.53. The van der Waals surface area contributed by atoms with Crippen LogP contribution in [0.25, 0.3) is 5.65 Å². The summed E-state index contributed by atoms with van der Waals surface area (Å²) in [6.45, 7) is 0. The van der Waals surface area contributed by atoms with Crippen LogP contribution in [0.15, 0.2) is 29.3 Å². The van der Waals surface area contributed by atoms with Gasteiger partial charge in [0.15, 0.2) is 11.3 Å². The molecule has 13 heteroatoms. The topological polar surface area (TPSA) is 140 Å². The van der Waals surface area contributed by atoms with Gasteiger partial charge in [-0.2, -0.15) is 4.68 Å². The van der Waals surface area contributed by atoms with Crippen LogP contribution in [-0.2, 0) is 17.9 Å². The van der Waals surface area contributed by atoms with E-state index in [4.69, 9.17) is 0 Å². The molecule has 0 aliphatic carbocycles. The van der Waals surface area contributed by atoms with Crippen molar-refractivity contribution in [2.75, 3.05) is 10.0 Å². The quantitative estimate of drug-likeness (QED) is 0.510. The molecule has 130 valence electrons. The predicted molar refractivity (Wildman–Crippen MR) is 84.3 cm³/mol. The van der Waals surface area contributed by atoms with Crippen molar-refractivity contribution < 1.29 is 17.6 Å². The lowest BCUT2D eigenvalue weighted by atomic mass is 10.2. The van der Waals surface area contributed by atoms with Crippen LogP contribution < -0.4 is 15.7 Å². The van der Waals surface area contributed by atoms with E-state index >= 15 is 0 Å². The van der Waals surface area contributed by atoms with Crippen molar-refractivity contribution in [2.45, 2.75) is 0 Å². The van der Waals surface area contributed by atoms with Crippen LogP contribution in [0.2, 0.25) is 0 Å². The zero-order chi connectivity index (χ0) is 18.1. The SMILES string of the molecule is Cn1nnc2c(C(=O)Nc3cc(F)cc(N[SH](=O)=O)c3)ncn2c1=O. The number of imidazole rings is 1. The molecule has 0 saturated heterocycles. The second-order valence-corrected chi connectivity index (χ2v) is 5.57. The lowest BCUT2D eigenvalue weighted by Gasteiger charge is -2.06. The number of nitrogens with zero attached hydrogens (tertiary/aromatic N) is 5. The molecule has 2 aromatic heterocycles. The first-order chi connectivity index (χ1) is 11.8. The maximum absolute atomic E-state index is 13.5. The molecule has 0 aliphatic heterocycles. The fourth-order valence-corrected chi connectivity index (χ4v) is 2.40. The van der Waals surface area contributed by atoms with Gasteiger partial charge in [-0.05, 0) is 18.2 Å². The summed E-state index contributed by atoms with van der Waals surface area (Å²) in [5.41, 5.74) is -0.887. The van der Waals surface area contributed by atoms with Crippen LogP contribution in [0, 0.1) is 5.82 Å². The van der Waals surface area contributed by atoms with Gasteiger partial charge < -0.3 is 5.32 Å². The number of hydrogen-bond donors (Lipinski definition) is 3. The highest BCUT2D eigenvalue weighted by molar-refractivity contribution is 7.73. The minimum absolute atomic E-state index is 0.0118. The second-order valence-electron chi connectivity index (χ2n) is 4.83. The van der Waals surface area contributed by atoms with Gasteiger partial charge in [0, 0.05) is 12.7 Å². The molecule has 25 heavy (non-hydrogen) atoms. The monoisotopic (exact) mass is 367 g/mol. The van der Waals surface area contributed by atoms with Crippen LogP contribution in [0.5, 0.6) is 0 Å². The lowest BCUT2D eigenvalue weighted by Crippen LogP contribution is -2.27. The zero-order valence-corrected chi connectivity index (χ0v) is 13.4. The molecular weight excluding hydrogens is 357 g/mol. The van der Waals surface area contributed by atoms with E-state index in [-0.39, 0.29) is 22.7 Å². The number of hydrogen-bond acceptors (Lipinski definition) is 7. The Balaban J connectivity index is 1.94. The summed E-state index contributed by atoms with van der Waals surface area (Å²) in [4.78, 5) is 28.0. The molecule has 0 radical (unpaired) electrons. The number of halogens is 1. The summed E-state index contributed by atoms with van der Waals surface area (Å²) >= 11 is 0. The Morgan fingerprint density at radius 2 is 1.96 bits per heavy atom. The van der Waals surface area contributed by atoms with E-state index in [9.17, 15) is 22.4 Å². The van der Waals surface area contributed by atoms with E-state index in [0.29, 0.717) is 0 Å². The molecule has 0 unspecified atom stereocenters. The van der Waals surface area contributed by atoms with Crippen molar-refractivity contribution in [1.82, 2.24) is 24.4 Å². The third-order valence-corrected chi connectivity index (χ3v) is 3.53. The smallest absolute Gasteiger partial charge is 0.320 e. The van der Waals surface area contributed by atoms with Gasteiger partial charge in [-0.1, -0.05) is 5.21 Å². The number of benzene rings is 1. The third kappa shape index (κ3) is 3.30. The molecule has 11 nitrogen and oxygen atoms in total. The number of fused-ring (bicyclic) bond motifs is 1. The first-order valence-electron chi connectivity index (χ1n) is 6.65. The molecule has 0 aliphatic rings. The van der Waals surface area contributed by atoms with Gasteiger partial charge in [0.05, 0.1) is 5.69 Å². The summed E-state index contributed by atoms with van der Waals surface area (Å²) in [6, 6.07) is 3.15. The first kappa shape index (κ1) is 16.5. The van der Waals surface area contributed by atoms with E-state index < -0.39 is 28.3 Å². The van der Waals surface area contributed by atoms with Crippen molar-refractivity contribution in [3.8, 4) is 0 Å². The van der Waals surface area contributed by atoms with E-state index in [1.165, 1.54) is 13.1 Å². The van der Waals surface area contributed by atoms with E-state index in [1.54, 1.807) is 0 Å². The zero-order valence-electron chi connectivity index (χ0n) is 12.5. The summed E-state index contributed by atoms with van der Waals surface area (Å²) < 4.78 is 38.9. The highest BCUT2D eigenvalue weighted by Crippen LogP contribution is 2.19. The number of aromatic nitrogens is 5. The largest absolute Gasteiger partial charge is 0.352 e. The normalized spacial score (nSPS) is 11.0. The lowest BCUT2D eigenvalue weighted by molar-refractivity contribution is 0.102. The standard InChI is InChI=1S/C12H10FN7O4S/c1-19-12(22)20-5-14-9(10(20)16-18-19)11(21)15-7-2-6(13)3-8(4-7)17-25(23)24/h2-5,25H,1H3,(H,15,21)(H,17,23,24). The molecule has 0 fully saturated rings. The molecule has 1 aromatic carbocycles. The molecule has 0 spiro atoms. The number of nitrogens with one attached hydrogen (secondary N) is 2. The summed E-state index contributed by atoms with van der Waals surface area (Å²) in [6.07, 6.45) is 1.11. The predicted octanol–water partition coefficient (Wildman–Crippen LogP) is -0.847. The number of carbonyl (C=O) groups excluding carboxylic acids is 1. The number of aryl methyl sites for hydroxylation is 1. The Labute approximate surface area is 140 Å². The van der Waals surface area contributed by atoms with Gasteiger partial charge in [-0.25, -0.2) is 27.0 Å². The third-order valence-electron chi connectivity index (χ3n) is 3.09. The van der Waals surface area contributed by atoms with Crippen molar-refractivity contribution in [3.63, 3.8) is 0 Å². The van der Waals surface area contributed by atoms with Gasteiger partial charge >= 0.3 is 5.69 Å². The number of thiol groups is 1. The Morgan fingerprint density at radius 1 is 1.24 bits per heavy atom. The fraction of sp³-hybridized carbons (Fsp3) is 0.0833. The molecule has 2 N–H and O–H groups in total. The Kier molecular flexibility index (Phi) is 4.14. The van der Waals surface area contributed by atoms with Crippen LogP contribution in [0.1, 0.15) is 10.5 Å². The van der Waals surface area contributed by atoms with Gasteiger partial charge in [0.1, 0.15) is 12.1 Å². The minimum atomic E-state index is -2.99. The Hall–Kier alpha value is -3.35. The highest BCUT2D eigenvalue weighted by Gasteiger charge is 2.18. The Morgan fingerprint density at radius 3 is 2.68 bits per heavy atom. The van der Waals surface area contributed by atoms with Crippen LogP contribution in [0.4, 0.5) is 15.8 Å². The van der Waals surface area contributed by atoms with Crippen LogP contribution in [-0.4, -0.2) is 38.7 Å². The average molecular weight is 367 g/mol. The van der Waals surface area contributed by atoms with Crippen molar-refractivity contribution in [2.24, 2.45) is 7.05 Å². The van der Waals surface area contributed by atoms with Gasteiger partial charge in [0.25, 0.3) is 5.91 Å². The van der Waals surface area contributed by atoms with E-state index in [1.807, 2.05) is 4.72 Å². The minimum Gasteiger partial charge on any atom is -0.320 e. The van der Waals surface area contributed by atoms with Gasteiger partial charge in [-0.15, -0.1) is 5.10 Å². The van der Waals surface area contributed by atoms with Crippen molar-refractivity contribution in [1.29, 1.82) is 0 Å². The molecule has 1 amide bonds.